The van der Waals surface area contributed by atoms with E-state index in [0.29, 0.717) is 12.3 Å². The molecule has 1 aromatic carbocycles. The third-order valence-electron chi connectivity index (χ3n) is 2.22. The molecule has 0 bridgehead atoms. The minimum absolute atomic E-state index is 0.263. The van der Waals surface area contributed by atoms with E-state index in [1.807, 2.05) is 18.2 Å². The Morgan fingerprint density at radius 2 is 2.40 bits per heavy atom. The minimum Gasteiger partial charge on any atom is -0.496 e. The van der Waals surface area contributed by atoms with Crippen LogP contribution in [0.1, 0.15) is 11.7 Å². The number of cyclic esters (lactones) is 1. The van der Waals surface area contributed by atoms with E-state index >= 15 is 0 Å². The second-order valence-corrected chi connectivity index (χ2v) is 4.08. The van der Waals surface area contributed by atoms with Gasteiger partial charge in [0.25, 0.3) is 0 Å². The lowest BCUT2D eigenvalue weighted by Gasteiger charge is -2.12. The van der Waals surface area contributed by atoms with Crippen LogP contribution in [0.15, 0.2) is 22.7 Å². The van der Waals surface area contributed by atoms with Crippen LogP contribution in [0.3, 0.4) is 0 Å². The highest BCUT2D eigenvalue weighted by Gasteiger charge is 2.26. The maximum absolute atomic E-state index is 10.9. The predicted molar refractivity (Wildman–Crippen MR) is 57.9 cm³/mol. The smallest absolute Gasteiger partial charge is 0.407 e. The maximum Gasteiger partial charge on any atom is 0.407 e. The molecule has 1 N–H and O–H groups in total. The first-order valence-electron chi connectivity index (χ1n) is 4.48. The molecule has 1 aromatic rings. The summed E-state index contributed by atoms with van der Waals surface area (Å²) in [6, 6.07) is 5.62. The van der Waals surface area contributed by atoms with Gasteiger partial charge in [-0.15, -0.1) is 0 Å². The molecule has 0 saturated carbocycles. The second kappa shape index (κ2) is 4.10. The molecule has 0 spiro atoms. The van der Waals surface area contributed by atoms with Crippen molar-refractivity contribution < 1.29 is 14.3 Å². The highest BCUT2D eigenvalue weighted by molar-refractivity contribution is 9.10. The first kappa shape index (κ1) is 10.3. The van der Waals surface area contributed by atoms with Crippen molar-refractivity contribution in [2.45, 2.75) is 6.10 Å². The summed E-state index contributed by atoms with van der Waals surface area (Å²) < 4.78 is 11.2. The van der Waals surface area contributed by atoms with Crippen molar-refractivity contribution in [2.24, 2.45) is 0 Å². The van der Waals surface area contributed by atoms with E-state index < -0.39 is 0 Å². The Morgan fingerprint density at radius 1 is 1.60 bits per heavy atom. The van der Waals surface area contributed by atoms with E-state index in [1.54, 1.807) is 7.11 Å². The SMILES string of the molecule is COc1cc(Br)ccc1C1CNC(=O)O1. The normalized spacial score (nSPS) is 19.6. The van der Waals surface area contributed by atoms with E-state index in [0.717, 1.165) is 10.0 Å². The van der Waals surface area contributed by atoms with Crippen LogP contribution in [0, 0.1) is 0 Å². The van der Waals surface area contributed by atoms with Gasteiger partial charge in [-0.05, 0) is 12.1 Å². The van der Waals surface area contributed by atoms with Gasteiger partial charge in [-0.2, -0.15) is 0 Å². The van der Waals surface area contributed by atoms with Crippen molar-refractivity contribution in [1.82, 2.24) is 5.32 Å². The zero-order valence-corrected chi connectivity index (χ0v) is 9.71. The van der Waals surface area contributed by atoms with Crippen molar-refractivity contribution >= 4 is 22.0 Å². The zero-order valence-electron chi connectivity index (χ0n) is 8.12. The molecule has 1 atom stereocenters. The summed E-state index contributed by atoms with van der Waals surface area (Å²) in [5.74, 6) is 0.714. The number of benzene rings is 1. The van der Waals surface area contributed by atoms with Gasteiger partial charge in [0, 0.05) is 10.0 Å². The van der Waals surface area contributed by atoms with Crippen LogP contribution in [0.2, 0.25) is 0 Å². The Hall–Kier alpha value is -1.23. The quantitative estimate of drug-likeness (QED) is 0.898. The van der Waals surface area contributed by atoms with Crippen LogP contribution in [-0.2, 0) is 4.74 Å². The molecule has 80 valence electrons. The van der Waals surface area contributed by atoms with Crippen LogP contribution >= 0.6 is 15.9 Å². The third kappa shape index (κ3) is 2.07. The lowest BCUT2D eigenvalue weighted by atomic mass is 10.1. The first-order chi connectivity index (χ1) is 7.20. The predicted octanol–water partition coefficient (Wildman–Crippen LogP) is 2.24. The van der Waals surface area contributed by atoms with Gasteiger partial charge in [-0.1, -0.05) is 22.0 Å². The zero-order chi connectivity index (χ0) is 10.8. The van der Waals surface area contributed by atoms with E-state index in [9.17, 15) is 4.79 Å². The molecule has 2 rings (SSSR count). The van der Waals surface area contributed by atoms with Crippen molar-refractivity contribution in [1.29, 1.82) is 0 Å². The van der Waals surface area contributed by atoms with Crippen LogP contribution < -0.4 is 10.1 Å². The summed E-state index contributed by atoms with van der Waals surface area (Å²) >= 11 is 3.35. The molecule has 1 aliphatic heterocycles. The fourth-order valence-corrected chi connectivity index (χ4v) is 1.85. The number of hydrogen-bond donors (Lipinski definition) is 1. The molecule has 4 nitrogen and oxygen atoms in total. The first-order valence-corrected chi connectivity index (χ1v) is 5.28. The molecule has 15 heavy (non-hydrogen) atoms. The number of hydrogen-bond acceptors (Lipinski definition) is 3. The molecule has 1 aliphatic rings. The Bertz CT molecular complexity index is 394. The Kier molecular flexibility index (Phi) is 2.81. The molecule has 1 unspecified atom stereocenters. The summed E-state index contributed by atoms with van der Waals surface area (Å²) in [6.07, 6.45) is -0.648. The Balaban J connectivity index is 2.31. The molecule has 1 saturated heterocycles. The number of rotatable bonds is 2. The summed E-state index contributed by atoms with van der Waals surface area (Å²) in [4.78, 5) is 10.9. The molecule has 5 heteroatoms. The van der Waals surface area contributed by atoms with Gasteiger partial charge in [0.1, 0.15) is 11.9 Å². The number of carbonyl (C=O) groups excluding carboxylic acids is 1. The van der Waals surface area contributed by atoms with Crippen molar-refractivity contribution in [3.05, 3.63) is 28.2 Å². The molecule has 0 aromatic heterocycles. The van der Waals surface area contributed by atoms with Gasteiger partial charge in [0.2, 0.25) is 0 Å². The number of halogens is 1. The molecule has 0 aliphatic carbocycles. The van der Waals surface area contributed by atoms with Crippen LogP contribution in [-0.4, -0.2) is 19.7 Å². The lowest BCUT2D eigenvalue weighted by molar-refractivity contribution is 0.139. The van der Waals surface area contributed by atoms with Gasteiger partial charge >= 0.3 is 6.09 Å². The lowest BCUT2D eigenvalue weighted by Crippen LogP contribution is -2.12. The van der Waals surface area contributed by atoms with E-state index in [1.165, 1.54) is 0 Å². The van der Waals surface area contributed by atoms with Gasteiger partial charge in [0.05, 0.1) is 13.7 Å². The maximum atomic E-state index is 10.9. The minimum atomic E-state index is -0.384. The Labute approximate surface area is 95.7 Å². The molecular weight excluding hydrogens is 262 g/mol. The summed E-state index contributed by atoms with van der Waals surface area (Å²) in [5.41, 5.74) is 0.874. The molecule has 0 radical (unpaired) electrons. The molecule has 1 heterocycles. The number of carbonyl (C=O) groups is 1. The van der Waals surface area contributed by atoms with Gasteiger partial charge < -0.3 is 14.8 Å². The highest BCUT2D eigenvalue weighted by atomic mass is 79.9. The van der Waals surface area contributed by atoms with Crippen molar-refractivity contribution in [3.8, 4) is 5.75 Å². The summed E-state index contributed by atoms with van der Waals surface area (Å²) in [7, 11) is 1.59. The standard InChI is InChI=1S/C10H10BrNO3/c1-14-8-4-6(11)2-3-7(8)9-5-12-10(13)15-9/h2-4,9H,5H2,1H3,(H,12,13). The number of nitrogens with one attached hydrogen (secondary N) is 1. The monoisotopic (exact) mass is 271 g/mol. The van der Waals surface area contributed by atoms with Crippen LogP contribution in [0.4, 0.5) is 4.79 Å². The number of alkyl carbamates (subject to hydrolysis) is 1. The average Bonchev–Trinajstić information content (AvgIpc) is 2.64. The fraction of sp³-hybridized carbons (Fsp3) is 0.300. The van der Waals surface area contributed by atoms with Gasteiger partial charge in [-0.25, -0.2) is 4.79 Å². The summed E-state index contributed by atoms with van der Waals surface area (Å²) in [6.45, 7) is 0.483. The second-order valence-electron chi connectivity index (χ2n) is 3.16. The van der Waals surface area contributed by atoms with Crippen molar-refractivity contribution in [2.75, 3.05) is 13.7 Å². The Morgan fingerprint density at radius 3 is 3.00 bits per heavy atom. The van der Waals surface area contributed by atoms with Crippen molar-refractivity contribution in [3.63, 3.8) is 0 Å². The molecule has 1 amide bonds. The summed E-state index contributed by atoms with van der Waals surface area (Å²) in [5, 5.41) is 2.61. The molecule has 1 fully saturated rings. The third-order valence-corrected chi connectivity index (χ3v) is 2.72. The van der Waals surface area contributed by atoms with Crippen LogP contribution in [0.25, 0.3) is 0 Å². The van der Waals surface area contributed by atoms with E-state index in [-0.39, 0.29) is 12.2 Å². The van der Waals surface area contributed by atoms with Crippen LogP contribution in [0.5, 0.6) is 5.75 Å². The van der Waals surface area contributed by atoms with Gasteiger partial charge in [-0.3, -0.25) is 0 Å². The number of amides is 1. The average molecular weight is 272 g/mol. The largest absolute Gasteiger partial charge is 0.496 e. The fourth-order valence-electron chi connectivity index (χ4n) is 1.51. The van der Waals surface area contributed by atoms with E-state index in [4.69, 9.17) is 9.47 Å². The highest BCUT2D eigenvalue weighted by Crippen LogP contribution is 2.31. The topological polar surface area (TPSA) is 47.6 Å². The number of ether oxygens (including phenoxy) is 2. The van der Waals surface area contributed by atoms with E-state index in [2.05, 4.69) is 21.2 Å². The van der Waals surface area contributed by atoms with Gasteiger partial charge in [0.15, 0.2) is 0 Å². The number of methoxy groups -OCH3 is 1. The molecular formula is C10H10BrNO3.